The van der Waals surface area contributed by atoms with Crippen LogP contribution in [0.4, 0.5) is 0 Å². The topological polar surface area (TPSA) is 35.2 Å². The number of fused-ring (bicyclic) bond motifs is 1. The maximum atomic E-state index is 5.96. The van der Waals surface area contributed by atoms with E-state index in [1.165, 1.54) is 6.42 Å². The maximum absolute atomic E-state index is 5.96. The zero-order valence-electron chi connectivity index (χ0n) is 6.63. The lowest BCUT2D eigenvalue weighted by Gasteiger charge is -2.52. The number of rotatable bonds is 0. The van der Waals surface area contributed by atoms with Crippen molar-refractivity contribution < 1.29 is 4.74 Å². The van der Waals surface area contributed by atoms with Gasteiger partial charge in [-0.25, -0.2) is 0 Å². The lowest BCUT2D eigenvalue weighted by Crippen LogP contribution is -2.64. The number of hydrogen-bond donors (Lipinski definition) is 1. The van der Waals surface area contributed by atoms with Crippen LogP contribution in [0.5, 0.6) is 0 Å². The van der Waals surface area contributed by atoms with E-state index in [2.05, 4.69) is 13.8 Å². The van der Waals surface area contributed by atoms with Crippen molar-refractivity contribution in [1.29, 1.82) is 0 Å². The third-order valence-corrected chi connectivity index (χ3v) is 3.19. The van der Waals surface area contributed by atoms with Crippen LogP contribution < -0.4 is 5.73 Å². The minimum Gasteiger partial charge on any atom is -0.377 e. The molecule has 2 aliphatic rings. The molecule has 2 heteroatoms. The Labute approximate surface area is 61.7 Å². The monoisotopic (exact) mass is 141 g/mol. The summed E-state index contributed by atoms with van der Waals surface area (Å²) >= 11 is 0. The SMILES string of the molecule is CC1(C)[C@H](N)[C@H]2CCO[C@@H]21. The van der Waals surface area contributed by atoms with Gasteiger partial charge in [0.1, 0.15) is 0 Å². The van der Waals surface area contributed by atoms with Gasteiger partial charge in [-0.3, -0.25) is 0 Å². The summed E-state index contributed by atoms with van der Waals surface area (Å²) in [5, 5.41) is 0. The molecule has 0 radical (unpaired) electrons. The molecule has 58 valence electrons. The Kier molecular flexibility index (Phi) is 1.15. The molecule has 0 aromatic rings. The maximum Gasteiger partial charge on any atom is 0.0684 e. The van der Waals surface area contributed by atoms with Crippen molar-refractivity contribution in [3.05, 3.63) is 0 Å². The van der Waals surface area contributed by atoms with E-state index in [0.29, 0.717) is 18.1 Å². The average molecular weight is 141 g/mol. The number of nitrogens with two attached hydrogens (primary N) is 1. The Balaban J connectivity index is 2.15. The Morgan fingerprint density at radius 1 is 1.50 bits per heavy atom. The molecular formula is C8H15NO. The van der Waals surface area contributed by atoms with Crippen LogP contribution in [-0.4, -0.2) is 18.8 Å². The molecule has 2 rings (SSSR count). The first kappa shape index (κ1) is 6.62. The molecule has 1 heterocycles. The molecule has 1 saturated heterocycles. The van der Waals surface area contributed by atoms with Crippen LogP contribution in [-0.2, 0) is 4.74 Å². The molecule has 1 aliphatic carbocycles. The second-order valence-corrected chi connectivity index (χ2v) is 4.09. The Bertz CT molecular complexity index is 155. The van der Waals surface area contributed by atoms with Crippen LogP contribution in [0.1, 0.15) is 20.3 Å². The van der Waals surface area contributed by atoms with Crippen molar-refractivity contribution in [1.82, 2.24) is 0 Å². The van der Waals surface area contributed by atoms with Crippen molar-refractivity contribution in [2.45, 2.75) is 32.4 Å². The minimum atomic E-state index is 0.237. The minimum absolute atomic E-state index is 0.237. The third-order valence-electron chi connectivity index (χ3n) is 3.19. The zero-order chi connectivity index (χ0) is 7.35. The number of ether oxygens (including phenoxy) is 1. The van der Waals surface area contributed by atoms with Gasteiger partial charge in [-0.05, 0) is 6.42 Å². The highest BCUT2D eigenvalue weighted by Crippen LogP contribution is 2.50. The molecule has 0 aromatic carbocycles. The molecule has 1 aliphatic heterocycles. The van der Waals surface area contributed by atoms with E-state index in [4.69, 9.17) is 10.5 Å². The van der Waals surface area contributed by atoms with Gasteiger partial charge < -0.3 is 10.5 Å². The van der Waals surface area contributed by atoms with E-state index in [9.17, 15) is 0 Å². The molecule has 0 unspecified atom stereocenters. The third kappa shape index (κ3) is 0.565. The second-order valence-electron chi connectivity index (χ2n) is 4.09. The summed E-state index contributed by atoms with van der Waals surface area (Å²) < 4.78 is 5.56. The van der Waals surface area contributed by atoms with Crippen LogP contribution in [0, 0.1) is 11.3 Å². The first-order valence-electron chi connectivity index (χ1n) is 4.01. The quantitative estimate of drug-likeness (QED) is 0.540. The molecule has 0 bridgehead atoms. The van der Waals surface area contributed by atoms with Crippen molar-refractivity contribution in [2.75, 3.05) is 6.61 Å². The summed E-state index contributed by atoms with van der Waals surface area (Å²) in [6.45, 7) is 5.32. The molecule has 3 atom stereocenters. The lowest BCUT2D eigenvalue weighted by atomic mass is 9.58. The standard InChI is InChI=1S/C8H15NO/c1-8(2)6(9)5-3-4-10-7(5)8/h5-7H,3-4,9H2,1-2H3/t5-,6-,7+/m1/s1. The van der Waals surface area contributed by atoms with Crippen molar-refractivity contribution >= 4 is 0 Å². The van der Waals surface area contributed by atoms with Crippen molar-refractivity contribution in [2.24, 2.45) is 17.1 Å². The van der Waals surface area contributed by atoms with Gasteiger partial charge in [0.05, 0.1) is 6.10 Å². The molecule has 0 aromatic heterocycles. The van der Waals surface area contributed by atoms with E-state index < -0.39 is 0 Å². The van der Waals surface area contributed by atoms with Crippen LogP contribution in [0.25, 0.3) is 0 Å². The van der Waals surface area contributed by atoms with Crippen molar-refractivity contribution in [3.8, 4) is 0 Å². The molecule has 0 amide bonds. The molecule has 0 spiro atoms. The van der Waals surface area contributed by atoms with Gasteiger partial charge in [-0.15, -0.1) is 0 Å². The molecular weight excluding hydrogens is 126 g/mol. The van der Waals surface area contributed by atoms with Crippen LogP contribution >= 0.6 is 0 Å². The van der Waals surface area contributed by atoms with E-state index in [1.54, 1.807) is 0 Å². The Morgan fingerprint density at radius 2 is 2.20 bits per heavy atom. The fraction of sp³-hybridized carbons (Fsp3) is 1.00. The summed E-state index contributed by atoms with van der Waals surface area (Å²) in [5.41, 5.74) is 6.20. The van der Waals surface area contributed by atoms with Crippen molar-refractivity contribution in [3.63, 3.8) is 0 Å². The van der Waals surface area contributed by atoms with Gasteiger partial charge >= 0.3 is 0 Å². The summed E-state index contributed by atoms with van der Waals surface area (Å²) in [6.07, 6.45) is 1.64. The van der Waals surface area contributed by atoms with E-state index in [0.717, 1.165) is 6.61 Å². The predicted molar refractivity (Wildman–Crippen MR) is 39.6 cm³/mol. The summed E-state index contributed by atoms with van der Waals surface area (Å²) in [4.78, 5) is 0. The smallest absolute Gasteiger partial charge is 0.0684 e. The second kappa shape index (κ2) is 1.74. The molecule has 2 nitrogen and oxygen atoms in total. The normalized spacial score (nSPS) is 50.1. The first-order valence-corrected chi connectivity index (χ1v) is 4.01. The highest BCUT2D eigenvalue weighted by atomic mass is 16.5. The van der Waals surface area contributed by atoms with Gasteiger partial charge in [-0.1, -0.05) is 13.8 Å². The Hall–Kier alpha value is -0.0800. The van der Waals surface area contributed by atoms with Gasteiger partial charge in [0.15, 0.2) is 0 Å². The summed E-state index contributed by atoms with van der Waals surface area (Å²) in [6, 6.07) is 0.375. The largest absolute Gasteiger partial charge is 0.377 e. The van der Waals surface area contributed by atoms with Crippen LogP contribution in [0.3, 0.4) is 0 Å². The Morgan fingerprint density at radius 3 is 2.80 bits per heavy atom. The van der Waals surface area contributed by atoms with Gasteiger partial charge in [0.25, 0.3) is 0 Å². The van der Waals surface area contributed by atoms with E-state index in [1.807, 2.05) is 0 Å². The average Bonchev–Trinajstić information content (AvgIpc) is 2.31. The lowest BCUT2D eigenvalue weighted by molar-refractivity contribution is -0.0994. The fourth-order valence-electron chi connectivity index (χ4n) is 2.36. The van der Waals surface area contributed by atoms with E-state index >= 15 is 0 Å². The van der Waals surface area contributed by atoms with Gasteiger partial charge in [0.2, 0.25) is 0 Å². The van der Waals surface area contributed by atoms with Crippen LogP contribution in [0.2, 0.25) is 0 Å². The van der Waals surface area contributed by atoms with E-state index in [-0.39, 0.29) is 5.41 Å². The highest BCUT2D eigenvalue weighted by Gasteiger charge is 2.57. The first-order chi connectivity index (χ1) is 4.64. The highest BCUT2D eigenvalue weighted by molar-refractivity contribution is 5.09. The van der Waals surface area contributed by atoms with Gasteiger partial charge in [0, 0.05) is 24.0 Å². The summed E-state index contributed by atoms with van der Waals surface area (Å²) in [7, 11) is 0. The van der Waals surface area contributed by atoms with Gasteiger partial charge in [-0.2, -0.15) is 0 Å². The predicted octanol–water partition coefficient (Wildman–Crippen LogP) is 0.759. The molecule has 1 saturated carbocycles. The molecule has 2 fully saturated rings. The molecule has 2 N–H and O–H groups in total. The van der Waals surface area contributed by atoms with Crippen LogP contribution in [0.15, 0.2) is 0 Å². The number of hydrogen-bond acceptors (Lipinski definition) is 2. The fourth-order valence-corrected chi connectivity index (χ4v) is 2.36. The molecule has 10 heavy (non-hydrogen) atoms. The summed E-state index contributed by atoms with van der Waals surface area (Å²) in [5.74, 6) is 0.662. The zero-order valence-corrected chi connectivity index (χ0v) is 6.63.